The maximum Gasteiger partial charge on any atom is 0.118 e. The SMILES string of the molecule is C=CC[N]C(c1ccccc1)(c1ccccc1)c1ccc(OC)cc1. The van der Waals surface area contributed by atoms with Crippen LogP contribution < -0.4 is 10.1 Å². The minimum absolute atomic E-state index is 0.565. The molecule has 3 rings (SSSR count). The molecule has 0 fully saturated rings. The predicted octanol–water partition coefficient (Wildman–Crippen LogP) is 4.78. The molecule has 0 atom stereocenters. The molecule has 0 saturated carbocycles. The van der Waals surface area contributed by atoms with E-state index in [1.165, 1.54) is 0 Å². The third kappa shape index (κ3) is 3.35. The summed E-state index contributed by atoms with van der Waals surface area (Å²) in [5.74, 6) is 0.836. The fraction of sp³-hybridized carbons (Fsp3) is 0.130. The zero-order valence-corrected chi connectivity index (χ0v) is 14.4. The Kier molecular flexibility index (Phi) is 5.32. The summed E-state index contributed by atoms with van der Waals surface area (Å²) in [6.07, 6.45) is 1.84. The van der Waals surface area contributed by atoms with E-state index >= 15 is 0 Å². The standard InChI is InChI=1S/C23H22NO/c1-3-18-24-23(19-10-6-4-7-11-19,20-12-8-5-9-13-20)21-14-16-22(25-2)17-15-21/h3-17H,1,18H2,2H3. The first kappa shape index (κ1) is 17.0. The monoisotopic (exact) mass is 328 g/mol. The fourth-order valence-corrected chi connectivity index (χ4v) is 3.17. The van der Waals surface area contributed by atoms with Crippen LogP contribution >= 0.6 is 0 Å². The molecule has 0 saturated heterocycles. The zero-order chi connectivity index (χ0) is 17.5. The van der Waals surface area contributed by atoms with Gasteiger partial charge in [-0.25, -0.2) is 5.32 Å². The molecule has 0 aliphatic carbocycles. The van der Waals surface area contributed by atoms with Crippen LogP contribution in [0.15, 0.2) is 97.6 Å². The van der Waals surface area contributed by atoms with Gasteiger partial charge in [0.25, 0.3) is 0 Å². The Morgan fingerprint density at radius 1 is 0.800 bits per heavy atom. The minimum atomic E-state index is -0.580. The van der Waals surface area contributed by atoms with Crippen LogP contribution in [0, 0.1) is 0 Å². The van der Waals surface area contributed by atoms with E-state index in [-0.39, 0.29) is 0 Å². The normalized spacial score (nSPS) is 11.1. The first-order chi connectivity index (χ1) is 12.3. The molecule has 0 aliphatic heterocycles. The van der Waals surface area contributed by atoms with Crippen molar-refractivity contribution in [2.24, 2.45) is 0 Å². The summed E-state index contributed by atoms with van der Waals surface area (Å²) >= 11 is 0. The Balaban J connectivity index is 2.25. The van der Waals surface area contributed by atoms with Gasteiger partial charge in [0.15, 0.2) is 0 Å². The van der Waals surface area contributed by atoms with E-state index in [9.17, 15) is 0 Å². The number of benzene rings is 3. The Bertz CT molecular complexity index is 755. The van der Waals surface area contributed by atoms with E-state index in [4.69, 9.17) is 10.1 Å². The van der Waals surface area contributed by atoms with Gasteiger partial charge in [-0.3, -0.25) is 0 Å². The quantitative estimate of drug-likeness (QED) is 0.452. The minimum Gasteiger partial charge on any atom is -0.497 e. The van der Waals surface area contributed by atoms with Crippen molar-refractivity contribution < 1.29 is 4.74 Å². The Hall–Kier alpha value is -2.84. The largest absolute Gasteiger partial charge is 0.497 e. The van der Waals surface area contributed by atoms with Gasteiger partial charge in [-0.2, -0.15) is 0 Å². The fourth-order valence-electron chi connectivity index (χ4n) is 3.17. The van der Waals surface area contributed by atoms with E-state index in [2.05, 4.69) is 67.2 Å². The molecular weight excluding hydrogens is 306 g/mol. The highest BCUT2D eigenvalue weighted by Crippen LogP contribution is 2.38. The van der Waals surface area contributed by atoms with Gasteiger partial charge in [0.05, 0.1) is 7.11 Å². The third-order valence-electron chi connectivity index (χ3n) is 4.35. The number of methoxy groups -OCH3 is 1. The number of rotatable bonds is 7. The molecule has 0 amide bonds. The number of hydrogen-bond acceptors (Lipinski definition) is 1. The van der Waals surface area contributed by atoms with Crippen molar-refractivity contribution in [3.05, 3.63) is 114 Å². The molecule has 0 aromatic heterocycles. The molecule has 0 bridgehead atoms. The highest BCUT2D eigenvalue weighted by molar-refractivity contribution is 5.50. The molecule has 125 valence electrons. The van der Waals surface area contributed by atoms with Crippen LogP contribution in [-0.4, -0.2) is 13.7 Å². The molecule has 25 heavy (non-hydrogen) atoms. The molecule has 0 heterocycles. The van der Waals surface area contributed by atoms with E-state index < -0.39 is 5.54 Å². The van der Waals surface area contributed by atoms with Crippen LogP contribution in [0.4, 0.5) is 0 Å². The van der Waals surface area contributed by atoms with Crippen LogP contribution in [0.3, 0.4) is 0 Å². The smallest absolute Gasteiger partial charge is 0.118 e. The summed E-state index contributed by atoms with van der Waals surface area (Å²) in [4.78, 5) is 0. The average Bonchev–Trinajstić information content (AvgIpc) is 2.71. The summed E-state index contributed by atoms with van der Waals surface area (Å²) < 4.78 is 5.33. The Labute approximate surface area is 149 Å². The second kappa shape index (κ2) is 7.82. The summed E-state index contributed by atoms with van der Waals surface area (Å²) in [5, 5.41) is 5.08. The van der Waals surface area contributed by atoms with E-state index in [0.717, 1.165) is 22.4 Å². The lowest BCUT2D eigenvalue weighted by Gasteiger charge is -2.35. The lowest BCUT2D eigenvalue weighted by atomic mass is 9.77. The maximum absolute atomic E-state index is 5.33. The van der Waals surface area contributed by atoms with Crippen LogP contribution in [0.25, 0.3) is 0 Å². The van der Waals surface area contributed by atoms with Crippen molar-refractivity contribution in [1.29, 1.82) is 0 Å². The van der Waals surface area contributed by atoms with Gasteiger partial charge in [0.1, 0.15) is 11.3 Å². The van der Waals surface area contributed by atoms with Crippen LogP contribution in [0.5, 0.6) is 5.75 Å². The van der Waals surface area contributed by atoms with Gasteiger partial charge in [-0.05, 0) is 28.8 Å². The first-order valence-electron chi connectivity index (χ1n) is 8.36. The van der Waals surface area contributed by atoms with Gasteiger partial charge in [0.2, 0.25) is 0 Å². The van der Waals surface area contributed by atoms with Gasteiger partial charge in [-0.15, -0.1) is 6.58 Å². The molecule has 3 aromatic carbocycles. The van der Waals surface area contributed by atoms with E-state index in [0.29, 0.717) is 6.54 Å². The molecule has 0 aliphatic rings. The highest BCUT2D eigenvalue weighted by Gasteiger charge is 2.36. The average molecular weight is 328 g/mol. The second-order valence-corrected chi connectivity index (χ2v) is 5.80. The van der Waals surface area contributed by atoms with Crippen LogP contribution in [-0.2, 0) is 5.54 Å². The van der Waals surface area contributed by atoms with E-state index in [1.807, 2.05) is 30.3 Å². The van der Waals surface area contributed by atoms with Gasteiger partial charge in [0, 0.05) is 6.54 Å². The molecule has 0 N–H and O–H groups in total. The van der Waals surface area contributed by atoms with Crippen LogP contribution in [0.1, 0.15) is 16.7 Å². The third-order valence-corrected chi connectivity index (χ3v) is 4.35. The van der Waals surface area contributed by atoms with Crippen molar-refractivity contribution in [2.45, 2.75) is 5.54 Å². The molecule has 2 nitrogen and oxygen atoms in total. The second-order valence-electron chi connectivity index (χ2n) is 5.80. The van der Waals surface area contributed by atoms with Crippen LogP contribution in [0.2, 0.25) is 0 Å². The van der Waals surface area contributed by atoms with Crippen molar-refractivity contribution >= 4 is 0 Å². The molecule has 0 spiro atoms. The molecule has 0 unspecified atom stereocenters. The van der Waals surface area contributed by atoms with Gasteiger partial charge < -0.3 is 4.74 Å². The van der Waals surface area contributed by atoms with Crippen molar-refractivity contribution in [3.63, 3.8) is 0 Å². The summed E-state index contributed by atoms with van der Waals surface area (Å²) in [6, 6.07) is 28.9. The lowest BCUT2D eigenvalue weighted by molar-refractivity contribution is 0.413. The van der Waals surface area contributed by atoms with Gasteiger partial charge >= 0.3 is 0 Å². The number of ether oxygens (including phenoxy) is 1. The first-order valence-corrected chi connectivity index (χ1v) is 8.36. The predicted molar refractivity (Wildman–Crippen MR) is 103 cm³/mol. The molecule has 1 radical (unpaired) electrons. The highest BCUT2D eigenvalue weighted by atomic mass is 16.5. The Morgan fingerprint density at radius 2 is 1.28 bits per heavy atom. The molecule has 2 heteroatoms. The maximum atomic E-state index is 5.33. The van der Waals surface area contributed by atoms with Crippen molar-refractivity contribution in [2.75, 3.05) is 13.7 Å². The summed E-state index contributed by atoms with van der Waals surface area (Å²) in [5.41, 5.74) is 2.79. The van der Waals surface area contributed by atoms with E-state index in [1.54, 1.807) is 7.11 Å². The lowest BCUT2D eigenvalue weighted by Crippen LogP contribution is -2.39. The zero-order valence-electron chi connectivity index (χ0n) is 14.4. The molecular formula is C23H22NO. The van der Waals surface area contributed by atoms with Crippen molar-refractivity contribution in [3.8, 4) is 5.75 Å². The number of nitrogens with zero attached hydrogens (tertiary/aromatic N) is 1. The van der Waals surface area contributed by atoms with Crippen molar-refractivity contribution in [1.82, 2.24) is 5.32 Å². The topological polar surface area (TPSA) is 23.3 Å². The summed E-state index contributed by atoms with van der Waals surface area (Å²) in [6.45, 7) is 4.42. The Morgan fingerprint density at radius 3 is 1.72 bits per heavy atom. The van der Waals surface area contributed by atoms with Gasteiger partial charge in [-0.1, -0.05) is 78.9 Å². The molecule has 3 aromatic rings. The number of hydrogen-bond donors (Lipinski definition) is 0. The summed E-state index contributed by atoms with van der Waals surface area (Å²) in [7, 11) is 1.68.